The van der Waals surface area contributed by atoms with Crippen LogP contribution in [0.3, 0.4) is 0 Å². The summed E-state index contributed by atoms with van der Waals surface area (Å²) in [5, 5.41) is 115. The van der Waals surface area contributed by atoms with Crippen LogP contribution in [-0.2, 0) is 102 Å². The third kappa shape index (κ3) is 51.6. The SMILES string of the molecule is O=C(O)CC[C@H](NC(=O)N[C@@H](CCCCNC(=O)CCCCCCCNC(=O)[C@H](Cc1ccccc1)NC(=O)C(Cc1ccccc1)NC(=O)CCCC(=O)NC12CNCCNCC(NC(=O)CCCC(=O)N[C@@H](Cc3ccccc3)C(=O)N[C@@H](Cc3ccccc3)C(=O)NCCCCCCCC(=O)NCCCC[C@H](NC(=O)N[C@@H](CCC(=O)O)C(=O)O)C(=O)O)(CNCCNC1)CNCCNC2)C(=O)O)C(=O)O. The Balaban J connectivity index is 0.915. The fraction of sp³-hybridized carbons (Fsp3) is 0.580. The van der Waals surface area contributed by atoms with Gasteiger partial charge in [0.1, 0.15) is 48.3 Å². The van der Waals surface area contributed by atoms with Gasteiger partial charge in [-0.15, -0.1) is 0 Å². The summed E-state index contributed by atoms with van der Waals surface area (Å²) in [6.45, 7) is 6.09. The minimum absolute atomic E-state index is 0.0135. The molecule has 2 bridgehead atoms. The summed E-state index contributed by atoms with van der Waals surface area (Å²) in [6.07, 6.45) is 7.49. The molecule has 0 saturated carbocycles. The molecule has 144 heavy (non-hydrogen) atoms. The number of carbonyl (C=O) groups excluding carboxylic acids is 12. The largest absolute Gasteiger partial charge is 0.481 e. The van der Waals surface area contributed by atoms with Crippen LogP contribution in [0.15, 0.2) is 121 Å². The Hall–Kier alpha value is -13.3. The Morgan fingerprint density at radius 3 is 0.764 bits per heavy atom. The van der Waals surface area contributed by atoms with E-state index in [0.29, 0.717) is 143 Å². The first kappa shape index (κ1) is 119. The first-order valence-electron chi connectivity index (χ1n) is 50.1. The molecule has 44 heteroatoms. The molecule has 4 aromatic rings. The van der Waals surface area contributed by atoms with E-state index in [1.54, 1.807) is 0 Å². The predicted octanol–water partition coefficient (Wildman–Crippen LogP) is 1.14. The number of benzene rings is 4. The fourth-order valence-corrected chi connectivity index (χ4v) is 16.4. The molecule has 0 radical (unpaired) electrons. The van der Waals surface area contributed by atoms with Crippen molar-refractivity contribution in [3.8, 4) is 0 Å². The molecule has 14 amide bonds. The second-order valence-corrected chi connectivity index (χ2v) is 36.5. The van der Waals surface area contributed by atoms with E-state index in [4.69, 9.17) is 10.2 Å². The molecule has 8 atom stereocenters. The van der Waals surface area contributed by atoms with E-state index in [9.17, 15) is 107 Å². The second-order valence-electron chi connectivity index (χ2n) is 36.5. The lowest BCUT2D eigenvalue weighted by Gasteiger charge is -2.39. The molecule has 1 unspecified atom stereocenters. The highest BCUT2D eigenvalue weighted by Gasteiger charge is 2.37. The smallest absolute Gasteiger partial charge is 0.326 e. The molecule has 0 aromatic heterocycles. The highest BCUT2D eigenvalue weighted by atomic mass is 16.4. The zero-order valence-corrected chi connectivity index (χ0v) is 82.1. The Morgan fingerprint density at radius 2 is 0.479 bits per heavy atom. The molecule has 0 spiro atoms. The van der Waals surface area contributed by atoms with Crippen molar-refractivity contribution < 1.29 is 117 Å². The number of rotatable bonds is 66. The molecule has 3 fully saturated rings. The van der Waals surface area contributed by atoms with Gasteiger partial charge in [0.05, 0.1) is 11.1 Å². The van der Waals surface area contributed by atoms with Gasteiger partial charge in [-0.3, -0.25) is 57.5 Å². The highest BCUT2D eigenvalue weighted by molar-refractivity contribution is 5.94. The van der Waals surface area contributed by atoms with Crippen molar-refractivity contribution in [3.63, 3.8) is 0 Å². The van der Waals surface area contributed by atoms with Gasteiger partial charge in [0, 0.05) is 182 Å². The monoisotopic (exact) mass is 2020 g/mol. The van der Waals surface area contributed by atoms with Crippen LogP contribution in [0.4, 0.5) is 9.59 Å². The number of hydrogen-bond donors (Lipinski definition) is 26. The second kappa shape index (κ2) is 68.8. The van der Waals surface area contributed by atoms with Gasteiger partial charge in [-0.1, -0.05) is 160 Å². The van der Waals surface area contributed by atoms with Crippen molar-refractivity contribution in [1.29, 1.82) is 0 Å². The predicted molar refractivity (Wildman–Crippen MR) is 533 cm³/mol. The highest BCUT2D eigenvalue weighted by Crippen LogP contribution is 2.17. The number of carboxylic acid groups (broad SMARTS) is 6. The lowest BCUT2D eigenvalue weighted by atomic mass is 9.96. The van der Waals surface area contributed by atoms with Crippen LogP contribution < -0.4 is 106 Å². The Kier molecular flexibility index (Phi) is 57.1. The van der Waals surface area contributed by atoms with Gasteiger partial charge < -0.3 is 137 Å². The van der Waals surface area contributed by atoms with Gasteiger partial charge >= 0.3 is 47.9 Å². The Bertz CT molecular complexity index is 4340. The number of hydrogen-bond acceptors (Lipinski definition) is 24. The minimum Gasteiger partial charge on any atom is -0.481 e. The van der Waals surface area contributed by atoms with Crippen molar-refractivity contribution in [1.82, 2.24) is 106 Å². The van der Waals surface area contributed by atoms with E-state index in [0.717, 1.165) is 60.8 Å². The third-order valence-electron chi connectivity index (χ3n) is 24.3. The summed E-state index contributed by atoms with van der Waals surface area (Å²) in [4.78, 5) is 231. The Labute approximate surface area is 839 Å². The number of fused-ring (bicyclic) bond motifs is 15. The molecule has 4 aromatic carbocycles. The van der Waals surface area contributed by atoms with E-state index < -0.39 is 168 Å². The summed E-state index contributed by atoms with van der Waals surface area (Å²) in [5.41, 5.74) is 1.42. The minimum atomic E-state index is -1.53. The van der Waals surface area contributed by atoms with Gasteiger partial charge in [0.25, 0.3) is 0 Å². The van der Waals surface area contributed by atoms with Crippen LogP contribution in [0, 0.1) is 0 Å². The van der Waals surface area contributed by atoms with Gasteiger partial charge in [-0.05, 0) is 112 Å². The topological polar surface area (TPSA) is 669 Å². The summed E-state index contributed by atoms with van der Waals surface area (Å²) in [5.74, 6) is -12.1. The van der Waals surface area contributed by atoms with Gasteiger partial charge in [-0.2, -0.15) is 0 Å². The first-order chi connectivity index (χ1) is 69.3. The van der Waals surface area contributed by atoms with Crippen molar-refractivity contribution in [3.05, 3.63) is 144 Å². The molecule has 7 rings (SSSR count). The molecule has 794 valence electrons. The van der Waals surface area contributed by atoms with Crippen molar-refractivity contribution in [2.75, 3.05) is 105 Å². The standard InChI is InChI=1S/C100H150N20O24/c121-81(107-49-25-21-37-73(93(135)136)115-97(143)117-75(95(139)140)45-47-87(127)128)39-19-3-1-5-23-51-109-89(131)77(59-69-29-11-7-12-30-69)113-91(133)79(61-71-33-15-9-16-34-71)111-83(123)41-27-43-85(125)119-99-63-101-53-56-104-66-100(67-105-57-54-102-64-99,68-106-58-55-103-65-99)120-86(126)44-28-42-84(124)112-80(62-72-35-17-10-18-36-72)92(134)114-78(60-70-31-13-8-14-32-70)90(132)110-52-24-6-2-4-20-40-82(122)108-50-26-22-38-74(94(137)138)116-98(144)118-76(96(141)142)46-48-88(129)130/h7-18,29-36,73-80,101-106H,1-6,19-28,37-68H2,(H,107,121)(H,108,122)(H,109,131)(H,110,132)(H,111,123)(H,112,124)(H,113,133)(H,114,134)(H,119,125)(H,120,126)(H,127,128)(H,129,130)(H,135,136)(H,137,138)(H,139,140)(H,141,142)(H2,115,117,143)(H2,116,118,144)/t73-,74-,75-,76-,77-,78-,79-,80?,99?,100?/m0/s1. The fourth-order valence-electron chi connectivity index (χ4n) is 16.4. The maximum absolute atomic E-state index is 14.5. The van der Waals surface area contributed by atoms with Crippen LogP contribution in [0.2, 0.25) is 0 Å². The van der Waals surface area contributed by atoms with E-state index in [-0.39, 0.29) is 127 Å². The van der Waals surface area contributed by atoms with Gasteiger partial charge in [0.2, 0.25) is 59.1 Å². The molecule has 0 aliphatic carbocycles. The molecule has 3 aliphatic heterocycles. The quantitative estimate of drug-likeness (QED) is 0.0276. The molecule has 3 aliphatic rings. The summed E-state index contributed by atoms with van der Waals surface area (Å²) in [7, 11) is 0. The molecule has 44 nitrogen and oxygen atoms in total. The number of amides is 14. The molecular weight excluding hydrogens is 1870 g/mol. The maximum Gasteiger partial charge on any atom is 0.326 e. The number of unbranched alkanes of at least 4 members (excludes halogenated alkanes) is 10. The van der Waals surface area contributed by atoms with Crippen molar-refractivity contribution in [2.45, 2.75) is 265 Å². The van der Waals surface area contributed by atoms with Crippen molar-refractivity contribution >= 4 is 107 Å². The summed E-state index contributed by atoms with van der Waals surface area (Å²) < 4.78 is 0. The van der Waals surface area contributed by atoms with E-state index >= 15 is 0 Å². The lowest BCUT2D eigenvalue weighted by molar-refractivity contribution is -0.142. The van der Waals surface area contributed by atoms with E-state index in [2.05, 4.69) is 106 Å². The van der Waals surface area contributed by atoms with Crippen LogP contribution in [0.1, 0.15) is 202 Å². The first-order valence-corrected chi connectivity index (χ1v) is 50.1. The average Bonchev–Trinajstić information content (AvgIpc) is 0.839. The van der Waals surface area contributed by atoms with Crippen molar-refractivity contribution in [2.24, 2.45) is 0 Å². The van der Waals surface area contributed by atoms with Gasteiger partial charge in [0.15, 0.2) is 0 Å². The molecule has 26 N–H and O–H groups in total. The Morgan fingerprint density at radius 1 is 0.236 bits per heavy atom. The summed E-state index contributed by atoms with van der Waals surface area (Å²) >= 11 is 0. The average molecular weight is 2020 g/mol. The number of nitrogens with one attached hydrogen (secondary N) is 20. The molecule has 3 heterocycles. The number of carbonyl (C=O) groups is 18. The normalized spacial score (nSPS) is 16.6. The number of urea groups is 2. The summed E-state index contributed by atoms with van der Waals surface area (Å²) in [6, 6.07) is 24.5. The zero-order valence-electron chi connectivity index (χ0n) is 82.1. The lowest BCUT2D eigenvalue weighted by Crippen LogP contribution is -2.68. The van der Waals surface area contributed by atoms with Crippen LogP contribution in [0.5, 0.6) is 0 Å². The van der Waals surface area contributed by atoms with Gasteiger partial charge in [-0.25, -0.2) is 28.8 Å². The van der Waals surface area contributed by atoms with Crippen LogP contribution in [0.25, 0.3) is 0 Å². The zero-order chi connectivity index (χ0) is 105. The van der Waals surface area contributed by atoms with E-state index in [1.807, 2.05) is 121 Å². The number of carboxylic acids is 6. The molecular formula is C100H150N20O24. The van der Waals surface area contributed by atoms with Crippen LogP contribution in [-0.4, -0.2) is 302 Å². The molecule has 3 saturated heterocycles. The number of aliphatic carboxylic acids is 6. The van der Waals surface area contributed by atoms with E-state index in [1.165, 1.54) is 0 Å². The maximum atomic E-state index is 14.5. The third-order valence-corrected chi connectivity index (χ3v) is 24.3. The van der Waals surface area contributed by atoms with Crippen LogP contribution >= 0.6 is 0 Å².